The maximum atomic E-state index is 13.8. The standard InChI is InChI=1S/C14H21FN2O2S/c1-10-13(15)6-12(8-16)7-14(10)20(18,19)17-9-11-4-2-3-5-11/h6-7,11,17H,2-5,8-9,16H2,1H3. The smallest absolute Gasteiger partial charge is 0.240 e. The summed E-state index contributed by atoms with van der Waals surface area (Å²) in [4.78, 5) is -0.00375. The summed E-state index contributed by atoms with van der Waals surface area (Å²) in [6.07, 6.45) is 4.42. The number of rotatable bonds is 5. The highest BCUT2D eigenvalue weighted by atomic mass is 32.2. The fraction of sp³-hybridized carbons (Fsp3) is 0.571. The topological polar surface area (TPSA) is 72.2 Å². The molecule has 1 aliphatic rings. The molecule has 1 aromatic rings. The number of nitrogens with one attached hydrogen (secondary N) is 1. The number of nitrogens with two attached hydrogens (primary N) is 1. The fourth-order valence-electron chi connectivity index (χ4n) is 2.62. The minimum absolute atomic E-state index is 0.00375. The van der Waals surface area contributed by atoms with Crippen LogP contribution in [-0.2, 0) is 16.6 Å². The zero-order chi connectivity index (χ0) is 14.8. The van der Waals surface area contributed by atoms with Crippen molar-refractivity contribution in [2.45, 2.75) is 44.0 Å². The molecule has 20 heavy (non-hydrogen) atoms. The molecular formula is C14H21FN2O2S. The van der Waals surface area contributed by atoms with Crippen LogP contribution in [0.5, 0.6) is 0 Å². The third kappa shape index (κ3) is 3.37. The molecule has 6 heteroatoms. The van der Waals surface area contributed by atoms with Crippen LogP contribution in [0, 0.1) is 18.7 Å². The molecule has 0 unspecified atom stereocenters. The van der Waals surface area contributed by atoms with Gasteiger partial charge >= 0.3 is 0 Å². The summed E-state index contributed by atoms with van der Waals surface area (Å²) in [6, 6.07) is 2.74. The van der Waals surface area contributed by atoms with Crippen LogP contribution < -0.4 is 10.5 Å². The number of benzene rings is 1. The molecule has 1 aromatic carbocycles. The second kappa shape index (κ2) is 6.20. The van der Waals surface area contributed by atoms with Gasteiger partial charge in [-0.05, 0) is 43.4 Å². The zero-order valence-corrected chi connectivity index (χ0v) is 12.5. The lowest BCUT2D eigenvalue weighted by Crippen LogP contribution is -2.29. The Kier molecular flexibility index (Phi) is 4.78. The molecule has 1 aliphatic carbocycles. The van der Waals surface area contributed by atoms with Gasteiger partial charge in [-0.3, -0.25) is 0 Å². The van der Waals surface area contributed by atoms with Crippen LogP contribution in [0.3, 0.4) is 0 Å². The molecule has 0 radical (unpaired) electrons. The highest BCUT2D eigenvalue weighted by Crippen LogP contribution is 2.25. The van der Waals surface area contributed by atoms with Gasteiger partial charge in [0.1, 0.15) is 5.82 Å². The summed E-state index contributed by atoms with van der Waals surface area (Å²) in [5.41, 5.74) is 6.09. The van der Waals surface area contributed by atoms with Crippen molar-refractivity contribution in [2.75, 3.05) is 6.54 Å². The number of halogens is 1. The predicted molar refractivity (Wildman–Crippen MR) is 76.2 cm³/mol. The largest absolute Gasteiger partial charge is 0.326 e. The van der Waals surface area contributed by atoms with Crippen molar-refractivity contribution in [2.24, 2.45) is 11.7 Å². The van der Waals surface area contributed by atoms with Crippen molar-refractivity contribution < 1.29 is 12.8 Å². The SMILES string of the molecule is Cc1c(F)cc(CN)cc1S(=O)(=O)NCC1CCCC1. The third-order valence-electron chi connectivity index (χ3n) is 3.92. The molecule has 0 heterocycles. The van der Waals surface area contributed by atoms with Crippen LogP contribution in [0.15, 0.2) is 17.0 Å². The van der Waals surface area contributed by atoms with Crippen molar-refractivity contribution >= 4 is 10.0 Å². The van der Waals surface area contributed by atoms with Gasteiger partial charge in [-0.25, -0.2) is 17.5 Å². The van der Waals surface area contributed by atoms with Crippen molar-refractivity contribution in [1.82, 2.24) is 4.72 Å². The minimum Gasteiger partial charge on any atom is -0.326 e. The number of hydrogen-bond acceptors (Lipinski definition) is 3. The minimum atomic E-state index is -3.68. The lowest BCUT2D eigenvalue weighted by Gasteiger charge is -2.14. The summed E-state index contributed by atoms with van der Waals surface area (Å²) < 4.78 is 41.0. The molecular weight excluding hydrogens is 279 g/mol. The Bertz CT molecular complexity index is 581. The molecule has 0 saturated heterocycles. The average Bonchev–Trinajstić information content (AvgIpc) is 2.92. The van der Waals surface area contributed by atoms with E-state index in [4.69, 9.17) is 5.73 Å². The molecule has 0 amide bonds. The van der Waals surface area contributed by atoms with Gasteiger partial charge in [-0.2, -0.15) is 0 Å². The summed E-state index contributed by atoms with van der Waals surface area (Å²) in [5, 5.41) is 0. The third-order valence-corrected chi connectivity index (χ3v) is 5.47. The highest BCUT2D eigenvalue weighted by molar-refractivity contribution is 7.89. The molecule has 0 spiro atoms. The van der Waals surface area contributed by atoms with Crippen molar-refractivity contribution in [1.29, 1.82) is 0 Å². The first-order valence-corrected chi connectivity index (χ1v) is 8.41. The molecule has 0 bridgehead atoms. The average molecular weight is 300 g/mol. The van der Waals surface area contributed by atoms with Crippen LogP contribution in [-0.4, -0.2) is 15.0 Å². The van der Waals surface area contributed by atoms with Gasteiger partial charge in [0.05, 0.1) is 4.90 Å². The number of hydrogen-bond donors (Lipinski definition) is 2. The van der Waals surface area contributed by atoms with E-state index in [1.165, 1.54) is 19.1 Å². The zero-order valence-electron chi connectivity index (χ0n) is 11.7. The molecule has 112 valence electrons. The van der Waals surface area contributed by atoms with E-state index in [1.807, 2.05) is 0 Å². The summed E-state index contributed by atoms with van der Waals surface area (Å²) in [6.45, 7) is 2.01. The Morgan fingerprint density at radius 1 is 1.35 bits per heavy atom. The Hall–Kier alpha value is -0.980. The van der Waals surface area contributed by atoms with Crippen molar-refractivity contribution in [3.63, 3.8) is 0 Å². The van der Waals surface area contributed by atoms with Crippen LogP contribution in [0.25, 0.3) is 0 Å². The van der Waals surface area contributed by atoms with E-state index in [-0.39, 0.29) is 17.0 Å². The molecule has 1 fully saturated rings. The van der Waals surface area contributed by atoms with Gasteiger partial charge in [-0.1, -0.05) is 12.8 Å². The Labute approximate surface area is 119 Å². The van der Waals surface area contributed by atoms with Crippen LogP contribution >= 0.6 is 0 Å². The van der Waals surface area contributed by atoms with E-state index in [2.05, 4.69) is 4.72 Å². The van der Waals surface area contributed by atoms with E-state index < -0.39 is 15.8 Å². The number of sulfonamides is 1. The lowest BCUT2D eigenvalue weighted by atomic mass is 10.1. The van der Waals surface area contributed by atoms with E-state index in [0.29, 0.717) is 18.0 Å². The molecule has 3 N–H and O–H groups in total. The van der Waals surface area contributed by atoms with Crippen LogP contribution in [0.4, 0.5) is 4.39 Å². The predicted octanol–water partition coefficient (Wildman–Crippen LogP) is 2.06. The molecule has 1 saturated carbocycles. The highest BCUT2D eigenvalue weighted by Gasteiger charge is 2.22. The second-order valence-electron chi connectivity index (χ2n) is 5.41. The monoisotopic (exact) mass is 300 g/mol. The fourth-order valence-corrected chi connectivity index (χ4v) is 4.04. The maximum Gasteiger partial charge on any atom is 0.240 e. The van der Waals surface area contributed by atoms with E-state index in [1.54, 1.807) is 0 Å². The Balaban J connectivity index is 2.21. The van der Waals surface area contributed by atoms with Crippen LogP contribution in [0.1, 0.15) is 36.8 Å². The first kappa shape index (κ1) is 15.4. The van der Waals surface area contributed by atoms with E-state index in [0.717, 1.165) is 25.7 Å². The Morgan fingerprint density at radius 3 is 2.60 bits per heavy atom. The molecule has 4 nitrogen and oxygen atoms in total. The van der Waals surface area contributed by atoms with Gasteiger partial charge in [0.25, 0.3) is 0 Å². The van der Waals surface area contributed by atoms with Gasteiger partial charge < -0.3 is 5.73 Å². The molecule has 0 aliphatic heterocycles. The van der Waals surface area contributed by atoms with Crippen molar-refractivity contribution in [3.05, 3.63) is 29.1 Å². The van der Waals surface area contributed by atoms with Crippen LogP contribution in [0.2, 0.25) is 0 Å². The summed E-state index contributed by atoms with van der Waals surface area (Å²) in [5.74, 6) is -0.137. The lowest BCUT2D eigenvalue weighted by molar-refractivity contribution is 0.518. The van der Waals surface area contributed by atoms with Gasteiger partial charge in [-0.15, -0.1) is 0 Å². The second-order valence-corrected chi connectivity index (χ2v) is 7.14. The normalized spacial score (nSPS) is 16.8. The van der Waals surface area contributed by atoms with Gasteiger partial charge in [0.2, 0.25) is 10.0 Å². The molecule has 0 atom stereocenters. The summed E-state index contributed by atoms with van der Waals surface area (Å²) in [7, 11) is -3.68. The first-order chi connectivity index (χ1) is 9.44. The summed E-state index contributed by atoms with van der Waals surface area (Å²) >= 11 is 0. The van der Waals surface area contributed by atoms with Gasteiger partial charge in [0.15, 0.2) is 0 Å². The van der Waals surface area contributed by atoms with Gasteiger partial charge in [0, 0.05) is 18.7 Å². The van der Waals surface area contributed by atoms with E-state index >= 15 is 0 Å². The molecule has 0 aromatic heterocycles. The van der Waals surface area contributed by atoms with E-state index in [9.17, 15) is 12.8 Å². The first-order valence-electron chi connectivity index (χ1n) is 6.93. The van der Waals surface area contributed by atoms with Crippen molar-refractivity contribution in [3.8, 4) is 0 Å². The maximum absolute atomic E-state index is 13.8. The Morgan fingerprint density at radius 2 is 2.00 bits per heavy atom. The quantitative estimate of drug-likeness (QED) is 0.874. The molecule has 2 rings (SSSR count).